The molecular weight excluding hydrogens is 486 g/mol. The molecular formula is C26H24F2N4O3S. The largest absolute Gasteiger partial charge is 0.477 e. The monoisotopic (exact) mass is 510 g/mol. The van der Waals surface area contributed by atoms with Crippen molar-refractivity contribution < 1.29 is 18.7 Å². The van der Waals surface area contributed by atoms with Crippen LogP contribution < -0.4 is 5.43 Å². The van der Waals surface area contributed by atoms with Crippen LogP contribution in [0.3, 0.4) is 0 Å². The summed E-state index contributed by atoms with van der Waals surface area (Å²) in [6.07, 6.45) is 9.98. The van der Waals surface area contributed by atoms with Gasteiger partial charge in [-0.25, -0.2) is 18.6 Å². The van der Waals surface area contributed by atoms with Crippen molar-refractivity contribution in [3.63, 3.8) is 0 Å². The molecule has 2 N–H and O–H groups in total. The van der Waals surface area contributed by atoms with Crippen molar-refractivity contribution in [1.29, 1.82) is 0 Å². The quantitative estimate of drug-likeness (QED) is 0.383. The zero-order valence-electron chi connectivity index (χ0n) is 19.3. The van der Waals surface area contributed by atoms with Crippen molar-refractivity contribution in [2.45, 2.75) is 37.1 Å². The van der Waals surface area contributed by atoms with Gasteiger partial charge in [0, 0.05) is 43.3 Å². The summed E-state index contributed by atoms with van der Waals surface area (Å²) in [6.45, 7) is 1.90. The minimum absolute atomic E-state index is 0.0782. The molecule has 1 saturated heterocycles. The number of nitrogens with one attached hydrogen (secondary N) is 1. The highest BCUT2D eigenvalue weighted by Gasteiger charge is 2.47. The number of benzene rings is 1. The van der Waals surface area contributed by atoms with E-state index in [1.807, 2.05) is 11.2 Å². The summed E-state index contributed by atoms with van der Waals surface area (Å²) in [5.74, 6) is -3.23. The number of aromatic amines is 1. The highest BCUT2D eigenvalue weighted by atomic mass is 32.1. The second kappa shape index (κ2) is 8.35. The number of pyridine rings is 1. The Kier molecular flexibility index (Phi) is 5.34. The highest BCUT2D eigenvalue weighted by Crippen LogP contribution is 2.43. The van der Waals surface area contributed by atoms with E-state index in [4.69, 9.17) is 12.2 Å². The van der Waals surface area contributed by atoms with Crippen molar-refractivity contribution in [3.8, 4) is 0 Å². The molecule has 36 heavy (non-hydrogen) atoms. The molecule has 2 aliphatic heterocycles. The van der Waals surface area contributed by atoms with Gasteiger partial charge in [-0.1, -0.05) is 12.2 Å². The molecule has 0 bridgehead atoms. The lowest BCUT2D eigenvalue weighted by molar-refractivity contribution is 0.0517. The maximum absolute atomic E-state index is 16.6. The number of fused-ring (bicyclic) bond motifs is 1. The first kappa shape index (κ1) is 23.1. The number of hydrogen-bond donors (Lipinski definition) is 2. The summed E-state index contributed by atoms with van der Waals surface area (Å²) in [4.78, 5) is 28.0. The Morgan fingerprint density at radius 1 is 1.22 bits per heavy atom. The van der Waals surface area contributed by atoms with Gasteiger partial charge in [0.15, 0.2) is 5.82 Å². The molecule has 10 heteroatoms. The number of thiocarbonyl (C=S) groups is 1. The molecule has 3 aliphatic rings. The first-order chi connectivity index (χ1) is 17.3. The lowest BCUT2D eigenvalue weighted by Gasteiger charge is -2.35. The Morgan fingerprint density at radius 2 is 1.97 bits per heavy atom. The van der Waals surface area contributed by atoms with E-state index in [0.717, 1.165) is 44.8 Å². The zero-order valence-corrected chi connectivity index (χ0v) is 20.2. The van der Waals surface area contributed by atoms with Crippen LogP contribution >= 0.6 is 12.2 Å². The fourth-order valence-electron chi connectivity index (χ4n) is 5.50. The third-order valence-corrected chi connectivity index (χ3v) is 8.05. The van der Waals surface area contributed by atoms with Crippen LogP contribution in [-0.4, -0.2) is 55.1 Å². The Bertz CT molecular complexity index is 1490. The summed E-state index contributed by atoms with van der Waals surface area (Å²) in [7, 11) is 0. The molecule has 1 aliphatic carbocycles. The van der Waals surface area contributed by atoms with Gasteiger partial charge in [0.1, 0.15) is 11.4 Å². The van der Waals surface area contributed by atoms with Crippen LogP contribution in [0.5, 0.6) is 0 Å². The Labute approximate surface area is 210 Å². The first-order valence-corrected chi connectivity index (χ1v) is 12.4. The summed E-state index contributed by atoms with van der Waals surface area (Å²) in [5.41, 5.74) is -2.45. The molecule has 6 rings (SSSR count). The number of carboxylic acid groups (broad SMARTS) is 1. The maximum Gasteiger partial charge on any atom is 0.341 e. The second-order valence-corrected chi connectivity index (χ2v) is 10.1. The SMILES string of the molecule is O=C(O)c1cn(C2CC2)c2c(F)c(C3(C(=S)c4ccc[nH]4)C=CN(N4CCCC4)C3)c(F)cc2c1=O. The zero-order chi connectivity index (χ0) is 25.2. The fraction of sp³-hybridized carbons (Fsp3) is 0.346. The smallest absolute Gasteiger partial charge is 0.341 e. The normalized spacial score (nSPS) is 22.1. The molecule has 1 saturated carbocycles. The molecule has 7 nitrogen and oxygen atoms in total. The van der Waals surface area contributed by atoms with Crippen molar-refractivity contribution in [2.75, 3.05) is 19.6 Å². The maximum atomic E-state index is 16.6. The lowest BCUT2D eigenvalue weighted by Crippen LogP contribution is -2.45. The molecule has 4 heterocycles. The Hall–Kier alpha value is -3.37. The topological polar surface area (TPSA) is 81.6 Å². The number of rotatable bonds is 6. The van der Waals surface area contributed by atoms with E-state index in [0.29, 0.717) is 10.6 Å². The number of aromatic carboxylic acids is 1. The van der Waals surface area contributed by atoms with Crippen LogP contribution in [0.15, 0.2) is 47.7 Å². The lowest BCUT2D eigenvalue weighted by atomic mass is 9.76. The third-order valence-electron chi connectivity index (χ3n) is 7.46. The number of aromatic nitrogens is 2. The Morgan fingerprint density at radius 3 is 2.61 bits per heavy atom. The van der Waals surface area contributed by atoms with Crippen LogP contribution in [0.1, 0.15) is 53.3 Å². The second-order valence-electron chi connectivity index (χ2n) is 9.72. The van der Waals surface area contributed by atoms with Gasteiger partial charge in [-0.15, -0.1) is 0 Å². The van der Waals surface area contributed by atoms with Gasteiger partial charge in [0.05, 0.1) is 33.4 Å². The van der Waals surface area contributed by atoms with Crippen LogP contribution in [-0.2, 0) is 5.41 Å². The van der Waals surface area contributed by atoms with Gasteiger partial charge in [0.2, 0.25) is 5.43 Å². The van der Waals surface area contributed by atoms with Gasteiger partial charge in [-0.3, -0.25) is 4.79 Å². The van der Waals surface area contributed by atoms with E-state index < -0.39 is 34.0 Å². The van der Waals surface area contributed by atoms with E-state index in [-0.39, 0.29) is 29.1 Å². The summed E-state index contributed by atoms with van der Waals surface area (Å²) < 4.78 is 34.1. The molecule has 3 aromatic rings. The van der Waals surface area contributed by atoms with Gasteiger partial charge >= 0.3 is 5.97 Å². The first-order valence-electron chi connectivity index (χ1n) is 12.0. The van der Waals surface area contributed by atoms with Crippen LogP contribution in [0.4, 0.5) is 8.78 Å². The summed E-state index contributed by atoms with van der Waals surface area (Å²) in [5, 5.41) is 13.4. The summed E-state index contributed by atoms with van der Waals surface area (Å²) >= 11 is 5.87. The number of nitrogens with zero attached hydrogens (tertiary/aromatic N) is 3. The Balaban J connectivity index is 1.60. The van der Waals surface area contributed by atoms with E-state index in [1.54, 1.807) is 24.4 Å². The molecule has 1 atom stereocenters. The predicted molar refractivity (Wildman–Crippen MR) is 134 cm³/mol. The van der Waals surface area contributed by atoms with E-state index >= 15 is 8.78 Å². The molecule has 0 radical (unpaired) electrons. The number of halogens is 2. The molecule has 1 aromatic carbocycles. The molecule has 0 spiro atoms. The average Bonchev–Trinajstić information content (AvgIpc) is 3.26. The number of H-pyrrole nitrogens is 1. The molecule has 186 valence electrons. The van der Waals surface area contributed by atoms with Crippen LogP contribution in [0.2, 0.25) is 0 Å². The number of hydrazine groups is 1. The minimum Gasteiger partial charge on any atom is -0.477 e. The molecule has 2 fully saturated rings. The summed E-state index contributed by atoms with van der Waals surface area (Å²) in [6, 6.07) is 4.38. The third kappa shape index (κ3) is 3.42. The van der Waals surface area contributed by atoms with E-state index in [9.17, 15) is 14.7 Å². The van der Waals surface area contributed by atoms with Crippen molar-refractivity contribution in [3.05, 3.63) is 81.5 Å². The fourth-order valence-corrected chi connectivity index (χ4v) is 5.87. The van der Waals surface area contributed by atoms with Gasteiger partial charge < -0.3 is 19.7 Å². The molecule has 0 amide bonds. The van der Waals surface area contributed by atoms with E-state index in [1.165, 1.54) is 10.8 Å². The average molecular weight is 511 g/mol. The number of carbonyl (C=O) groups is 1. The minimum atomic E-state index is -1.43. The highest BCUT2D eigenvalue weighted by molar-refractivity contribution is 7.81. The van der Waals surface area contributed by atoms with Crippen molar-refractivity contribution in [2.24, 2.45) is 0 Å². The van der Waals surface area contributed by atoms with Crippen LogP contribution in [0, 0.1) is 11.6 Å². The van der Waals surface area contributed by atoms with Crippen molar-refractivity contribution in [1.82, 2.24) is 19.6 Å². The number of hydrogen-bond acceptors (Lipinski definition) is 5. The van der Waals surface area contributed by atoms with Crippen LogP contribution in [0.25, 0.3) is 10.9 Å². The van der Waals surface area contributed by atoms with Crippen molar-refractivity contribution >= 4 is 34.0 Å². The van der Waals surface area contributed by atoms with Gasteiger partial charge in [-0.2, -0.15) is 0 Å². The van der Waals surface area contributed by atoms with E-state index in [2.05, 4.69) is 9.99 Å². The van der Waals surface area contributed by atoms with Gasteiger partial charge in [-0.05, 0) is 50.0 Å². The molecule has 1 unspecified atom stereocenters. The number of carboxylic acids is 1. The van der Waals surface area contributed by atoms with Gasteiger partial charge in [0.25, 0.3) is 0 Å². The standard InChI is InChI=1S/C26H24F2N4O3S/c27-18-12-16-22(32(15-5-6-15)13-17(23(16)33)25(34)35)21(28)20(18)26(24(36)19-4-3-8-29-19)7-11-31(14-26)30-9-1-2-10-30/h3-4,7-8,11-13,15,29H,1-2,5-6,9-10,14H2,(H,34,35). The predicted octanol–water partition coefficient (Wildman–Crippen LogP) is 4.14. The molecule has 2 aromatic heterocycles.